The first-order valence-corrected chi connectivity index (χ1v) is 8.54. The Labute approximate surface area is 134 Å². The molecular weight excluding hydrogens is 339 g/mol. The summed E-state index contributed by atoms with van der Waals surface area (Å²) < 4.78 is 29.5. The highest BCUT2D eigenvalue weighted by atomic mass is 35.5. The van der Waals surface area contributed by atoms with Gasteiger partial charge in [0.25, 0.3) is 0 Å². The van der Waals surface area contributed by atoms with Crippen LogP contribution in [0.3, 0.4) is 0 Å². The van der Waals surface area contributed by atoms with E-state index >= 15 is 0 Å². The van der Waals surface area contributed by atoms with Crippen molar-refractivity contribution >= 4 is 44.8 Å². The summed E-state index contributed by atoms with van der Waals surface area (Å²) >= 11 is 11.8. The summed E-state index contributed by atoms with van der Waals surface area (Å²) in [6.07, 6.45) is 0.993. The van der Waals surface area contributed by atoms with Gasteiger partial charge in [0, 0.05) is 18.7 Å². The van der Waals surface area contributed by atoms with Crippen molar-refractivity contribution in [2.24, 2.45) is 0 Å². The van der Waals surface area contributed by atoms with E-state index in [2.05, 4.69) is 5.32 Å². The summed E-state index contributed by atoms with van der Waals surface area (Å²) in [6.45, 7) is 0.237. The minimum absolute atomic E-state index is 0.161. The fourth-order valence-electron chi connectivity index (χ4n) is 1.54. The molecule has 0 saturated carbocycles. The molecule has 0 unspecified atom stereocenters. The van der Waals surface area contributed by atoms with Gasteiger partial charge in [0.05, 0.1) is 23.6 Å². The van der Waals surface area contributed by atoms with Crippen LogP contribution >= 0.6 is 23.2 Å². The second-order valence-corrected chi connectivity index (χ2v) is 6.96. The minimum atomic E-state index is -3.68. The summed E-state index contributed by atoms with van der Waals surface area (Å²) in [5.74, 6) is -0.464. The number of methoxy groups -OCH3 is 1. The maximum absolute atomic E-state index is 11.9. The van der Waals surface area contributed by atoms with E-state index in [1.807, 2.05) is 0 Å². The SMILES string of the molecule is COCCNC(=O)CN(c1cc(Cl)ccc1Cl)S(C)(=O)=O. The van der Waals surface area contributed by atoms with Crippen molar-refractivity contribution in [2.75, 3.05) is 37.4 Å². The molecule has 118 valence electrons. The number of nitrogens with one attached hydrogen (secondary N) is 1. The van der Waals surface area contributed by atoms with E-state index in [0.29, 0.717) is 11.6 Å². The summed E-state index contributed by atoms with van der Waals surface area (Å²) in [4.78, 5) is 11.8. The zero-order chi connectivity index (χ0) is 16.0. The number of carbonyl (C=O) groups is 1. The first-order chi connectivity index (χ1) is 9.75. The van der Waals surface area contributed by atoms with Gasteiger partial charge in [-0.05, 0) is 18.2 Å². The first-order valence-electron chi connectivity index (χ1n) is 5.94. The molecule has 1 amide bonds. The Balaban J connectivity index is 2.97. The van der Waals surface area contributed by atoms with Gasteiger partial charge in [0.2, 0.25) is 15.9 Å². The Morgan fingerprint density at radius 1 is 1.38 bits per heavy atom. The first kappa shape index (κ1) is 18.0. The lowest BCUT2D eigenvalue weighted by molar-refractivity contribution is -0.119. The molecule has 6 nitrogen and oxygen atoms in total. The largest absolute Gasteiger partial charge is 0.383 e. The normalized spacial score (nSPS) is 11.2. The molecule has 0 fully saturated rings. The average Bonchev–Trinajstić information content (AvgIpc) is 2.38. The third-order valence-electron chi connectivity index (χ3n) is 2.49. The molecular formula is C12H16Cl2N2O4S. The van der Waals surface area contributed by atoms with Crippen molar-refractivity contribution in [1.29, 1.82) is 0 Å². The van der Waals surface area contributed by atoms with E-state index in [1.54, 1.807) is 0 Å². The summed E-state index contributed by atoms with van der Waals surface area (Å²) in [5.41, 5.74) is 0.161. The maximum atomic E-state index is 11.9. The molecule has 0 spiro atoms. The molecule has 9 heteroatoms. The number of hydrogen-bond acceptors (Lipinski definition) is 4. The van der Waals surface area contributed by atoms with Crippen LogP contribution in [0.25, 0.3) is 0 Å². The topological polar surface area (TPSA) is 75.7 Å². The Morgan fingerprint density at radius 2 is 2.05 bits per heavy atom. The smallest absolute Gasteiger partial charge is 0.240 e. The van der Waals surface area contributed by atoms with Crippen LogP contribution in [-0.2, 0) is 19.6 Å². The van der Waals surface area contributed by atoms with Gasteiger partial charge in [-0.15, -0.1) is 0 Å². The second-order valence-electron chi connectivity index (χ2n) is 4.21. The number of rotatable bonds is 7. The standard InChI is InChI=1S/C12H16Cl2N2O4S/c1-20-6-5-15-12(17)8-16(21(2,18)19)11-7-9(13)3-4-10(11)14/h3-4,7H,5-6,8H2,1-2H3,(H,15,17). The number of halogens is 2. The van der Waals surface area contributed by atoms with Crippen molar-refractivity contribution in [3.63, 3.8) is 0 Å². The van der Waals surface area contributed by atoms with Crippen LogP contribution in [0.5, 0.6) is 0 Å². The van der Waals surface area contributed by atoms with Crippen molar-refractivity contribution in [3.05, 3.63) is 28.2 Å². The van der Waals surface area contributed by atoms with E-state index in [9.17, 15) is 13.2 Å². The second kappa shape index (κ2) is 7.84. The van der Waals surface area contributed by atoms with Gasteiger partial charge in [-0.1, -0.05) is 23.2 Å². The van der Waals surface area contributed by atoms with Crippen LogP contribution in [0.1, 0.15) is 0 Å². The summed E-state index contributed by atoms with van der Waals surface area (Å²) in [6, 6.07) is 4.40. The fraction of sp³-hybridized carbons (Fsp3) is 0.417. The Morgan fingerprint density at radius 3 is 2.62 bits per heavy atom. The van der Waals surface area contributed by atoms with E-state index in [4.69, 9.17) is 27.9 Å². The molecule has 0 saturated heterocycles. The van der Waals surface area contributed by atoms with E-state index < -0.39 is 15.9 Å². The Bertz CT molecular complexity index is 607. The highest BCUT2D eigenvalue weighted by Crippen LogP contribution is 2.30. The molecule has 0 bridgehead atoms. The molecule has 0 aliphatic carbocycles. The average molecular weight is 355 g/mol. The van der Waals surface area contributed by atoms with Crippen molar-refractivity contribution in [1.82, 2.24) is 5.32 Å². The predicted molar refractivity (Wildman–Crippen MR) is 83.5 cm³/mol. The molecule has 0 heterocycles. The van der Waals surface area contributed by atoms with Gasteiger partial charge in [-0.3, -0.25) is 9.10 Å². The number of benzene rings is 1. The van der Waals surface area contributed by atoms with Gasteiger partial charge in [-0.2, -0.15) is 0 Å². The number of nitrogens with zero attached hydrogens (tertiary/aromatic N) is 1. The van der Waals surface area contributed by atoms with Gasteiger partial charge >= 0.3 is 0 Å². The van der Waals surface area contributed by atoms with Gasteiger partial charge in [-0.25, -0.2) is 8.42 Å². The highest BCUT2D eigenvalue weighted by molar-refractivity contribution is 7.92. The van der Waals surface area contributed by atoms with Crippen LogP contribution < -0.4 is 9.62 Å². The Kier molecular flexibility index (Phi) is 6.73. The highest BCUT2D eigenvalue weighted by Gasteiger charge is 2.23. The van der Waals surface area contributed by atoms with Crippen molar-refractivity contribution in [3.8, 4) is 0 Å². The molecule has 0 radical (unpaired) electrons. The van der Waals surface area contributed by atoms with Crippen LogP contribution in [0.2, 0.25) is 10.0 Å². The lowest BCUT2D eigenvalue weighted by Gasteiger charge is -2.23. The van der Waals surface area contributed by atoms with Crippen LogP contribution in [-0.4, -0.2) is 47.4 Å². The molecule has 0 aromatic heterocycles. The third kappa shape index (κ3) is 5.70. The molecule has 1 rings (SSSR count). The van der Waals surface area contributed by atoms with Gasteiger partial charge in [0.1, 0.15) is 6.54 Å². The number of ether oxygens (including phenoxy) is 1. The molecule has 21 heavy (non-hydrogen) atoms. The lowest BCUT2D eigenvalue weighted by atomic mass is 10.3. The van der Waals surface area contributed by atoms with Crippen molar-refractivity contribution in [2.45, 2.75) is 0 Å². The number of amides is 1. The monoisotopic (exact) mass is 354 g/mol. The number of anilines is 1. The molecule has 0 aliphatic rings. The van der Waals surface area contributed by atoms with Crippen LogP contribution in [0.4, 0.5) is 5.69 Å². The molecule has 0 atom stereocenters. The fourth-order valence-corrected chi connectivity index (χ4v) is 2.83. The molecule has 1 aromatic carbocycles. The minimum Gasteiger partial charge on any atom is -0.383 e. The maximum Gasteiger partial charge on any atom is 0.240 e. The zero-order valence-corrected chi connectivity index (χ0v) is 13.9. The molecule has 1 aromatic rings. The van der Waals surface area contributed by atoms with Gasteiger partial charge in [0.15, 0.2) is 0 Å². The lowest BCUT2D eigenvalue weighted by Crippen LogP contribution is -2.41. The Hall–Kier alpha value is -1.02. The quantitative estimate of drug-likeness (QED) is 0.753. The summed E-state index contributed by atoms with van der Waals surface area (Å²) in [7, 11) is -2.18. The third-order valence-corrected chi connectivity index (χ3v) is 4.17. The van der Waals surface area contributed by atoms with Crippen LogP contribution in [0, 0.1) is 0 Å². The zero-order valence-electron chi connectivity index (χ0n) is 11.6. The number of hydrogen-bond donors (Lipinski definition) is 1. The van der Waals surface area contributed by atoms with Crippen molar-refractivity contribution < 1.29 is 17.9 Å². The van der Waals surface area contributed by atoms with E-state index in [-0.39, 0.29) is 23.8 Å². The predicted octanol–water partition coefficient (Wildman–Crippen LogP) is 1.52. The summed E-state index contributed by atoms with van der Waals surface area (Å²) in [5, 5.41) is 3.06. The molecule has 0 aliphatic heterocycles. The van der Waals surface area contributed by atoms with Gasteiger partial charge < -0.3 is 10.1 Å². The number of carbonyl (C=O) groups excluding carboxylic acids is 1. The number of sulfonamides is 1. The van der Waals surface area contributed by atoms with Crippen LogP contribution in [0.15, 0.2) is 18.2 Å². The molecule has 1 N–H and O–H groups in total. The van der Waals surface area contributed by atoms with E-state index in [0.717, 1.165) is 10.6 Å². The van der Waals surface area contributed by atoms with E-state index in [1.165, 1.54) is 25.3 Å².